The zero-order chi connectivity index (χ0) is 15.8. The molecule has 0 atom stereocenters. The van der Waals surface area contributed by atoms with Crippen molar-refractivity contribution in [3.8, 4) is 0 Å². The van der Waals surface area contributed by atoms with Crippen molar-refractivity contribution in [3.05, 3.63) is 60.2 Å². The Hall–Kier alpha value is -2.36. The Bertz CT molecular complexity index is 501. The van der Waals surface area contributed by atoms with Crippen LogP contribution in [0.2, 0.25) is 0 Å². The smallest absolute Gasteiger partial charge is 0.325 e. The van der Waals surface area contributed by atoms with Gasteiger partial charge in [0.25, 0.3) is 0 Å². The van der Waals surface area contributed by atoms with Crippen LogP contribution in [0.4, 0.5) is 0 Å². The number of hydrogen-bond acceptors (Lipinski definition) is 4. The van der Waals surface area contributed by atoms with Crippen LogP contribution in [0.15, 0.2) is 54.6 Å². The minimum atomic E-state index is -1.09. The van der Waals surface area contributed by atoms with E-state index in [2.05, 4.69) is 13.2 Å². The van der Waals surface area contributed by atoms with Crippen molar-refractivity contribution in [2.75, 3.05) is 13.2 Å². The molecule has 0 heterocycles. The van der Waals surface area contributed by atoms with Crippen LogP contribution in [0.3, 0.4) is 0 Å². The van der Waals surface area contributed by atoms with Crippen molar-refractivity contribution >= 4 is 11.9 Å². The first-order valence-corrected chi connectivity index (χ1v) is 6.58. The van der Waals surface area contributed by atoms with E-state index < -0.39 is 17.9 Å². The third kappa shape index (κ3) is 5.65. The summed E-state index contributed by atoms with van der Waals surface area (Å²) in [4.78, 5) is 24.3. The summed E-state index contributed by atoms with van der Waals surface area (Å²) in [5.41, 5.74) is 1.94. The van der Waals surface area contributed by atoms with E-state index >= 15 is 0 Å². The van der Waals surface area contributed by atoms with Crippen LogP contribution in [0.25, 0.3) is 0 Å². The maximum absolute atomic E-state index is 12.1. The Morgan fingerprint density at radius 1 is 0.952 bits per heavy atom. The third-order valence-electron chi connectivity index (χ3n) is 2.53. The molecule has 0 aromatic heterocycles. The average Bonchev–Trinajstić information content (AvgIpc) is 2.44. The molecule has 1 aromatic carbocycles. The molecule has 4 nitrogen and oxygen atoms in total. The van der Waals surface area contributed by atoms with Gasteiger partial charge in [-0.2, -0.15) is 0 Å². The van der Waals surface area contributed by atoms with Crippen molar-refractivity contribution in [1.29, 1.82) is 0 Å². The second kappa shape index (κ2) is 8.04. The van der Waals surface area contributed by atoms with Gasteiger partial charge in [0.1, 0.15) is 13.2 Å². The lowest BCUT2D eigenvalue weighted by molar-refractivity contribution is -0.156. The van der Waals surface area contributed by atoms with Gasteiger partial charge < -0.3 is 9.47 Å². The van der Waals surface area contributed by atoms with Gasteiger partial charge >= 0.3 is 11.9 Å². The van der Waals surface area contributed by atoms with E-state index in [4.69, 9.17) is 9.47 Å². The summed E-state index contributed by atoms with van der Waals surface area (Å²) in [5.74, 6) is -2.38. The van der Waals surface area contributed by atoms with Crippen molar-refractivity contribution < 1.29 is 19.1 Å². The van der Waals surface area contributed by atoms with Gasteiger partial charge in [-0.15, -0.1) is 0 Å². The molecule has 112 valence electrons. The highest BCUT2D eigenvalue weighted by atomic mass is 16.6. The molecule has 0 spiro atoms. The Balaban J connectivity index is 2.89. The fourth-order valence-corrected chi connectivity index (χ4v) is 1.57. The molecule has 0 aliphatic carbocycles. The molecule has 0 bridgehead atoms. The summed E-state index contributed by atoms with van der Waals surface area (Å²) in [6.45, 7) is 11.0. The van der Waals surface area contributed by atoms with Gasteiger partial charge in [0.15, 0.2) is 5.92 Å². The Morgan fingerprint density at radius 2 is 1.38 bits per heavy atom. The van der Waals surface area contributed by atoms with Gasteiger partial charge in [-0.1, -0.05) is 43.5 Å². The van der Waals surface area contributed by atoms with Crippen LogP contribution in [0.1, 0.15) is 25.3 Å². The lowest BCUT2D eigenvalue weighted by Gasteiger charge is -2.15. The van der Waals surface area contributed by atoms with Crippen LogP contribution < -0.4 is 0 Å². The molecule has 0 aliphatic rings. The van der Waals surface area contributed by atoms with Gasteiger partial charge in [-0.25, -0.2) is 0 Å². The number of carbonyl (C=O) groups is 2. The fraction of sp³-hybridized carbons (Fsp3) is 0.294. The van der Waals surface area contributed by atoms with Gasteiger partial charge in [-0.05, 0) is 30.6 Å². The highest BCUT2D eigenvalue weighted by Gasteiger charge is 2.31. The molecular formula is C17H20O4. The first-order valence-electron chi connectivity index (χ1n) is 6.58. The number of hydrogen-bond donors (Lipinski definition) is 0. The van der Waals surface area contributed by atoms with Crippen LogP contribution >= 0.6 is 0 Å². The summed E-state index contributed by atoms with van der Waals surface area (Å²) in [6, 6.07) is 8.68. The standard InChI is InChI=1S/C17H20O4/c1-12(2)10-20-16(18)15(14-8-6-5-7-9-14)17(19)21-11-13(3)4/h5-9,15H,1,3,10-11H2,2,4H3. The van der Waals surface area contributed by atoms with Crippen LogP contribution in [0.5, 0.6) is 0 Å². The molecule has 0 N–H and O–H groups in total. The summed E-state index contributed by atoms with van der Waals surface area (Å²) in [7, 11) is 0. The van der Waals surface area contributed by atoms with Crippen molar-refractivity contribution in [1.82, 2.24) is 0 Å². The van der Waals surface area contributed by atoms with Crippen LogP contribution in [0, 0.1) is 0 Å². The predicted molar refractivity (Wildman–Crippen MR) is 80.7 cm³/mol. The second-order valence-corrected chi connectivity index (χ2v) is 4.97. The minimum absolute atomic E-state index is 0.0793. The SMILES string of the molecule is C=C(C)COC(=O)C(C(=O)OCC(=C)C)c1ccccc1. The maximum Gasteiger partial charge on any atom is 0.325 e. The summed E-state index contributed by atoms with van der Waals surface area (Å²) in [5, 5.41) is 0. The van der Waals surface area contributed by atoms with Gasteiger partial charge in [0.05, 0.1) is 0 Å². The van der Waals surface area contributed by atoms with Crippen molar-refractivity contribution in [2.24, 2.45) is 0 Å². The zero-order valence-electron chi connectivity index (χ0n) is 12.4. The van der Waals surface area contributed by atoms with Crippen molar-refractivity contribution in [2.45, 2.75) is 19.8 Å². The van der Waals surface area contributed by atoms with Crippen LogP contribution in [-0.2, 0) is 19.1 Å². The van der Waals surface area contributed by atoms with E-state index in [1.807, 2.05) is 0 Å². The second-order valence-electron chi connectivity index (χ2n) is 4.97. The number of rotatable bonds is 7. The van der Waals surface area contributed by atoms with E-state index in [0.29, 0.717) is 16.7 Å². The van der Waals surface area contributed by atoms with Gasteiger partial charge in [-0.3, -0.25) is 9.59 Å². The molecule has 4 heteroatoms. The average molecular weight is 288 g/mol. The van der Waals surface area contributed by atoms with E-state index in [-0.39, 0.29) is 13.2 Å². The molecule has 0 radical (unpaired) electrons. The minimum Gasteiger partial charge on any atom is -0.460 e. The van der Waals surface area contributed by atoms with E-state index in [1.54, 1.807) is 44.2 Å². The number of benzene rings is 1. The molecule has 0 unspecified atom stereocenters. The van der Waals surface area contributed by atoms with Crippen LogP contribution in [-0.4, -0.2) is 25.2 Å². The number of esters is 2. The molecule has 0 amide bonds. The van der Waals surface area contributed by atoms with Gasteiger partial charge in [0, 0.05) is 0 Å². The first kappa shape index (κ1) is 16.7. The lowest BCUT2D eigenvalue weighted by Crippen LogP contribution is -2.27. The quantitative estimate of drug-likeness (QED) is 0.439. The Kier molecular flexibility index (Phi) is 6.40. The molecule has 1 aromatic rings. The molecule has 1 rings (SSSR count). The topological polar surface area (TPSA) is 52.6 Å². The Morgan fingerprint density at radius 3 is 1.76 bits per heavy atom. The molecule has 0 aliphatic heterocycles. The highest BCUT2D eigenvalue weighted by molar-refractivity contribution is 6.00. The molecule has 0 saturated carbocycles. The van der Waals surface area contributed by atoms with E-state index in [1.165, 1.54) is 0 Å². The summed E-state index contributed by atoms with van der Waals surface area (Å²) < 4.78 is 10.2. The van der Waals surface area contributed by atoms with E-state index in [0.717, 1.165) is 0 Å². The molecule has 0 fully saturated rings. The summed E-state index contributed by atoms with van der Waals surface area (Å²) in [6.07, 6.45) is 0. The first-order chi connectivity index (χ1) is 9.91. The molecule has 0 saturated heterocycles. The fourth-order valence-electron chi connectivity index (χ4n) is 1.57. The third-order valence-corrected chi connectivity index (χ3v) is 2.53. The lowest BCUT2D eigenvalue weighted by atomic mass is 9.99. The van der Waals surface area contributed by atoms with E-state index in [9.17, 15) is 9.59 Å². The highest BCUT2D eigenvalue weighted by Crippen LogP contribution is 2.20. The molecular weight excluding hydrogens is 268 g/mol. The normalized spacial score (nSPS) is 10.0. The molecule has 21 heavy (non-hydrogen) atoms. The number of carbonyl (C=O) groups excluding carboxylic acids is 2. The van der Waals surface area contributed by atoms with Gasteiger partial charge in [0.2, 0.25) is 0 Å². The Labute approximate surface area is 125 Å². The largest absolute Gasteiger partial charge is 0.460 e. The monoisotopic (exact) mass is 288 g/mol. The maximum atomic E-state index is 12.1. The number of ether oxygens (including phenoxy) is 2. The summed E-state index contributed by atoms with van der Waals surface area (Å²) >= 11 is 0. The van der Waals surface area contributed by atoms with Crippen molar-refractivity contribution in [3.63, 3.8) is 0 Å². The predicted octanol–water partition coefficient (Wildman–Crippen LogP) is 3.01. The zero-order valence-corrected chi connectivity index (χ0v) is 12.4.